The van der Waals surface area contributed by atoms with Gasteiger partial charge >= 0.3 is 0 Å². The topological polar surface area (TPSA) is 88.6 Å². The molecule has 0 saturated heterocycles. The van der Waals surface area contributed by atoms with Gasteiger partial charge in [-0.3, -0.25) is 10.1 Å². The average molecular weight is 490 g/mol. The monoisotopic (exact) mass is 489 g/mol. The number of sulfonamides is 1. The van der Waals surface area contributed by atoms with E-state index in [1.807, 2.05) is 58.9 Å². The van der Waals surface area contributed by atoms with Crippen LogP contribution in [0.1, 0.15) is 33.3 Å². The van der Waals surface area contributed by atoms with Gasteiger partial charge in [0.1, 0.15) is 5.75 Å². The fraction of sp³-hybridized carbons (Fsp3) is 0.417. The first kappa shape index (κ1) is 25.1. The molecule has 1 aromatic heterocycles. The Hall–Kier alpha value is -2.49. The summed E-state index contributed by atoms with van der Waals surface area (Å²) in [5, 5.41) is 3.13. The number of carbonyl (C=O) groups excluding carboxylic acids is 1. The fourth-order valence-corrected chi connectivity index (χ4v) is 6.08. The number of anilines is 1. The van der Waals surface area contributed by atoms with Gasteiger partial charge in [0.2, 0.25) is 10.0 Å². The lowest BCUT2D eigenvalue weighted by Gasteiger charge is -2.25. The molecule has 33 heavy (non-hydrogen) atoms. The van der Waals surface area contributed by atoms with Crippen LogP contribution in [0.3, 0.4) is 0 Å². The molecule has 0 unspecified atom stereocenters. The smallest absolute Gasteiger partial charge is 0.264 e. The van der Waals surface area contributed by atoms with Crippen molar-refractivity contribution in [3.8, 4) is 5.75 Å². The summed E-state index contributed by atoms with van der Waals surface area (Å²) in [6, 6.07) is 12.3. The van der Waals surface area contributed by atoms with Crippen molar-refractivity contribution >= 4 is 42.6 Å². The van der Waals surface area contributed by atoms with E-state index in [1.165, 1.54) is 11.3 Å². The van der Waals surface area contributed by atoms with Crippen LogP contribution >= 0.6 is 11.3 Å². The van der Waals surface area contributed by atoms with E-state index in [4.69, 9.17) is 4.74 Å². The van der Waals surface area contributed by atoms with Crippen molar-refractivity contribution in [1.29, 1.82) is 0 Å². The van der Waals surface area contributed by atoms with Gasteiger partial charge in [-0.1, -0.05) is 56.7 Å². The van der Waals surface area contributed by atoms with E-state index in [0.717, 1.165) is 5.56 Å². The molecule has 7 nitrogen and oxygen atoms in total. The number of hydrogen-bond donors (Lipinski definition) is 1. The molecule has 0 atom stereocenters. The Morgan fingerprint density at radius 1 is 1.06 bits per heavy atom. The number of aromatic nitrogens is 1. The van der Waals surface area contributed by atoms with Gasteiger partial charge in [0, 0.05) is 13.1 Å². The maximum Gasteiger partial charge on any atom is 0.264 e. The van der Waals surface area contributed by atoms with E-state index in [0.29, 0.717) is 34.2 Å². The Bertz CT molecular complexity index is 1190. The number of hydrogen-bond acceptors (Lipinski definition) is 6. The highest BCUT2D eigenvalue weighted by Crippen LogP contribution is 2.29. The Labute approximate surface area is 199 Å². The van der Waals surface area contributed by atoms with Crippen molar-refractivity contribution in [2.75, 3.05) is 25.0 Å². The van der Waals surface area contributed by atoms with E-state index in [-0.39, 0.29) is 29.2 Å². The molecule has 3 aromatic rings. The summed E-state index contributed by atoms with van der Waals surface area (Å²) < 4.78 is 34.3. The molecule has 3 rings (SSSR count). The molecule has 0 aliphatic rings. The van der Waals surface area contributed by atoms with Crippen molar-refractivity contribution < 1.29 is 17.9 Å². The van der Waals surface area contributed by atoms with Crippen LogP contribution in [0.15, 0.2) is 47.4 Å². The standard InChI is InChI=1S/C24H31N3O4S2/c1-16(2)13-27(14-17(3)4)33(29,30)20-10-11-21-22(12-20)32-24(25-21)26-23(28)15-31-19-8-6-18(5)7-9-19/h6-12,16-17H,13-15H2,1-5H3,(H,25,26,28). The number of nitrogens with one attached hydrogen (secondary N) is 1. The zero-order valence-electron chi connectivity index (χ0n) is 19.7. The van der Waals surface area contributed by atoms with Crippen LogP contribution in [0.4, 0.5) is 5.13 Å². The van der Waals surface area contributed by atoms with Gasteiger partial charge in [-0.05, 0) is 49.1 Å². The number of aryl methyl sites for hydroxylation is 1. The number of benzene rings is 2. The summed E-state index contributed by atoms with van der Waals surface area (Å²) in [4.78, 5) is 16.9. The van der Waals surface area contributed by atoms with Crippen LogP contribution in [-0.4, -0.2) is 43.3 Å². The minimum Gasteiger partial charge on any atom is -0.484 e. The quantitative estimate of drug-likeness (QED) is 0.436. The number of rotatable bonds is 10. The number of thiazole rings is 1. The first-order valence-electron chi connectivity index (χ1n) is 10.9. The summed E-state index contributed by atoms with van der Waals surface area (Å²) in [7, 11) is -3.63. The van der Waals surface area contributed by atoms with E-state index in [9.17, 15) is 13.2 Å². The van der Waals surface area contributed by atoms with E-state index < -0.39 is 10.0 Å². The second-order valence-corrected chi connectivity index (χ2v) is 11.9. The van der Waals surface area contributed by atoms with Crippen LogP contribution in [0.5, 0.6) is 5.75 Å². The zero-order valence-corrected chi connectivity index (χ0v) is 21.3. The largest absolute Gasteiger partial charge is 0.484 e. The molecule has 0 bridgehead atoms. The molecule has 178 valence electrons. The molecule has 1 N–H and O–H groups in total. The Balaban J connectivity index is 1.73. The number of ether oxygens (including phenoxy) is 1. The average Bonchev–Trinajstić information content (AvgIpc) is 3.13. The van der Waals surface area contributed by atoms with Gasteiger partial charge in [0.25, 0.3) is 5.91 Å². The third-order valence-electron chi connectivity index (χ3n) is 4.77. The van der Waals surface area contributed by atoms with Gasteiger partial charge in [0.05, 0.1) is 15.1 Å². The van der Waals surface area contributed by atoms with Crippen molar-refractivity contribution in [1.82, 2.24) is 9.29 Å². The Morgan fingerprint density at radius 3 is 2.30 bits per heavy atom. The molecule has 0 spiro atoms. The molecule has 1 amide bonds. The summed E-state index contributed by atoms with van der Waals surface area (Å²) in [6.07, 6.45) is 0. The molecule has 0 fully saturated rings. The molecule has 0 aliphatic heterocycles. The lowest BCUT2D eigenvalue weighted by Crippen LogP contribution is -2.37. The van der Waals surface area contributed by atoms with Crippen LogP contribution < -0.4 is 10.1 Å². The van der Waals surface area contributed by atoms with E-state index >= 15 is 0 Å². The van der Waals surface area contributed by atoms with Crippen LogP contribution in [0.2, 0.25) is 0 Å². The van der Waals surface area contributed by atoms with E-state index in [2.05, 4.69) is 10.3 Å². The highest BCUT2D eigenvalue weighted by molar-refractivity contribution is 7.89. The van der Waals surface area contributed by atoms with Gasteiger partial charge in [0.15, 0.2) is 11.7 Å². The normalized spacial score (nSPS) is 12.1. The van der Waals surface area contributed by atoms with Gasteiger partial charge in [-0.2, -0.15) is 4.31 Å². The van der Waals surface area contributed by atoms with Crippen LogP contribution in [-0.2, 0) is 14.8 Å². The third kappa shape index (κ3) is 6.75. The lowest BCUT2D eigenvalue weighted by atomic mass is 10.2. The number of carbonyl (C=O) groups is 1. The highest BCUT2D eigenvalue weighted by Gasteiger charge is 2.26. The maximum absolute atomic E-state index is 13.3. The second-order valence-electron chi connectivity index (χ2n) is 8.91. The predicted molar refractivity (Wildman–Crippen MR) is 133 cm³/mol. The molecule has 1 heterocycles. The van der Waals surface area contributed by atoms with Crippen molar-refractivity contribution in [2.45, 2.75) is 39.5 Å². The Morgan fingerprint density at radius 2 is 1.70 bits per heavy atom. The molecule has 2 aromatic carbocycles. The maximum atomic E-state index is 13.3. The zero-order chi connectivity index (χ0) is 24.2. The molecule has 0 aliphatic carbocycles. The summed E-state index contributed by atoms with van der Waals surface area (Å²) in [5.41, 5.74) is 1.74. The van der Waals surface area contributed by atoms with Crippen LogP contribution in [0, 0.1) is 18.8 Å². The van der Waals surface area contributed by atoms with Crippen molar-refractivity contribution in [3.63, 3.8) is 0 Å². The predicted octanol–water partition coefficient (Wildman–Crippen LogP) is 4.92. The van der Waals surface area contributed by atoms with Gasteiger partial charge < -0.3 is 4.74 Å². The molecule has 0 radical (unpaired) electrons. The number of amides is 1. The molecular weight excluding hydrogens is 458 g/mol. The summed E-state index contributed by atoms with van der Waals surface area (Å²) in [5.74, 6) is 0.717. The summed E-state index contributed by atoms with van der Waals surface area (Å²) in [6.45, 7) is 10.8. The van der Waals surface area contributed by atoms with Crippen LogP contribution in [0.25, 0.3) is 10.2 Å². The van der Waals surface area contributed by atoms with E-state index in [1.54, 1.807) is 22.5 Å². The first-order chi connectivity index (χ1) is 15.5. The molecule has 9 heteroatoms. The Kier molecular flexibility index (Phi) is 8.10. The fourth-order valence-electron chi connectivity index (χ4n) is 3.29. The minimum atomic E-state index is -3.63. The SMILES string of the molecule is Cc1ccc(OCC(=O)Nc2nc3ccc(S(=O)(=O)N(CC(C)C)CC(C)C)cc3s2)cc1. The minimum absolute atomic E-state index is 0.141. The number of nitrogens with zero attached hydrogens (tertiary/aromatic N) is 2. The third-order valence-corrected chi connectivity index (χ3v) is 7.53. The lowest BCUT2D eigenvalue weighted by molar-refractivity contribution is -0.118. The van der Waals surface area contributed by atoms with Crippen molar-refractivity contribution in [2.24, 2.45) is 11.8 Å². The van der Waals surface area contributed by atoms with Crippen molar-refractivity contribution in [3.05, 3.63) is 48.0 Å². The van der Waals surface area contributed by atoms with Gasteiger partial charge in [-0.25, -0.2) is 13.4 Å². The highest BCUT2D eigenvalue weighted by atomic mass is 32.2. The van der Waals surface area contributed by atoms with Gasteiger partial charge in [-0.15, -0.1) is 0 Å². The molecular formula is C24H31N3O4S2. The molecule has 0 saturated carbocycles. The first-order valence-corrected chi connectivity index (χ1v) is 13.2. The summed E-state index contributed by atoms with van der Waals surface area (Å²) >= 11 is 1.24. The second kappa shape index (κ2) is 10.6. The number of fused-ring (bicyclic) bond motifs is 1.